The fourth-order valence-corrected chi connectivity index (χ4v) is 1.62. The number of carbonyl (C=O) groups is 1. The number of rotatable bonds is 2. The fourth-order valence-electron chi connectivity index (χ4n) is 1.21. The number of halogens is 1. The maximum atomic E-state index is 10.5. The van der Waals surface area contributed by atoms with Crippen molar-refractivity contribution >= 4 is 27.5 Å². The van der Waals surface area contributed by atoms with Gasteiger partial charge in [0.15, 0.2) is 5.65 Å². The molecule has 0 spiro atoms. The summed E-state index contributed by atoms with van der Waals surface area (Å²) in [5.41, 5.74) is 1.29. The number of aliphatic carboxylic acids is 1. The summed E-state index contributed by atoms with van der Waals surface area (Å²) in [6.45, 7) is 0. The number of imidazole rings is 1. The second kappa shape index (κ2) is 3.38. The molecule has 1 N–H and O–H groups in total. The molecule has 72 valence electrons. The largest absolute Gasteiger partial charge is 0.481 e. The first-order chi connectivity index (χ1) is 6.68. The van der Waals surface area contributed by atoms with Crippen LogP contribution in [0, 0.1) is 0 Å². The van der Waals surface area contributed by atoms with Gasteiger partial charge in [-0.3, -0.25) is 9.20 Å². The molecule has 2 aromatic heterocycles. The molecule has 5 nitrogen and oxygen atoms in total. The predicted octanol–water partition coefficient (Wildman–Crippen LogP) is 1.12. The van der Waals surface area contributed by atoms with Crippen LogP contribution in [0.1, 0.15) is 5.69 Å². The van der Waals surface area contributed by atoms with Crippen molar-refractivity contribution in [2.45, 2.75) is 6.42 Å². The van der Waals surface area contributed by atoms with Gasteiger partial charge in [0.25, 0.3) is 0 Å². The topological polar surface area (TPSA) is 67.5 Å². The number of aromatic nitrogens is 3. The van der Waals surface area contributed by atoms with Crippen LogP contribution < -0.4 is 0 Å². The van der Waals surface area contributed by atoms with Crippen LogP contribution in [0.25, 0.3) is 5.65 Å². The molecule has 0 fully saturated rings. The molecule has 0 aliphatic carbocycles. The molecule has 2 rings (SSSR count). The molecule has 0 radical (unpaired) electrons. The molecule has 0 atom stereocenters. The zero-order chi connectivity index (χ0) is 10.1. The molecule has 2 heterocycles. The Morgan fingerprint density at radius 3 is 3.07 bits per heavy atom. The Morgan fingerprint density at radius 1 is 1.57 bits per heavy atom. The Hall–Kier alpha value is -1.43. The zero-order valence-electron chi connectivity index (χ0n) is 7.01. The van der Waals surface area contributed by atoms with Crippen molar-refractivity contribution in [3.8, 4) is 0 Å². The highest BCUT2D eigenvalue weighted by atomic mass is 79.9. The molecule has 0 saturated heterocycles. The third kappa shape index (κ3) is 1.48. The van der Waals surface area contributed by atoms with Gasteiger partial charge in [-0.1, -0.05) is 0 Å². The lowest BCUT2D eigenvalue weighted by Crippen LogP contribution is -2.03. The highest BCUT2D eigenvalue weighted by Gasteiger charge is 2.08. The first-order valence-electron chi connectivity index (χ1n) is 3.85. The van der Waals surface area contributed by atoms with Gasteiger partial charge in [-0.05, 0) is 15.9 Å². The monoisotopic (exact) mass is 255 g/mol. The lowest BCUT2D eigenvalue weighted by Gasteiger charge is -1.98. The van der Waals surface area contributed by atoms with Gasteiger partial charge in [-0.15, -0.1) is 0 Å². The normalized spacial score (nSPS) is 10.6. The standard InChI is InChI=1S/C8H6BrN3O2/c9-6-3-10-4-12-5(1-7(13)14)2-11-8(6)12/h2-4H,1H2,(H,13,14). The van der Waals surface area contributed by atoms with Crippen LogP contribution in [0.3, 0.4) is 0 Å². The maximum Gasteiger partial charge on any atom is 0.309 e. The lowest BCUT2D eigenvalue weighted by atomic mass is 10.3. The summed E-state index contributed by atoms with van der Waals surface area (Å²) in [5, 5.41) is 8.64. The first-order valence-corrected chi connectivity index (χ1v) is 4.65. The van der Waals surface area contributed by atoms with Gasteiger partial charge < -0.3 is 5.11 Å². The maximum absolute atomic E-state index is 10.5. The van der Waals surface area contributed by atoms with Crippen molar-refractivity contribution in [3.05, 3.63) is 28.9 Å². The van der Waals surface area contributed by atoms with Gasteiger partial charge in [-0.25, -0.2) is 9.97 Å². The van der Waals surface area contributed by atoms with Crippen LogP contribution in [-0.2, 0) is 11.2 Å². The summed E-state index contributed by atoms with van der Waals surface area (Å²) >= 11 is 3.28. The summed E-state index contributed by atoms with van der Waals surface area (Å²) < 4.78 is 2.40. The lowest BCUT2D eigenvalue weighted by molar-refractivity contribution is -0.136. The molecular formula is C8H6BrN3O2. The van der Waals surface area contributed by atoms with Gasteiger partial charge in [0.1, 0.15) is 6.33 Å². The fraction of sp³-hybridized carbons (Fsp3) is 0.125. The molecular weight excluding hydrogens is 250 g/mol. The van der Waals surface area contributed by atoms with E-state index < -0.39 is 5.97 Å². The van der Waals surface area contributed by atoms with E-state index in [0.29, 0.717) is 11.3 Å². The smallest absolute Gasteiger partial charge is 0.309 e. The third-order valence-electron chi connectivity index (χ3n) is 1.79. The second-order valence-corrected chi connectivity index (χ2v) is 3.61. The Kier molecular flexibility index (Phi) is 2.20. The number of carboxylic acid groups (broad SMARTS) is 1. The Labute approximate surface area is 87.5 Å². The summed E-state index contributed by atoms with van der Waals surface area (Å²) in [5.74, 6) is -0.883. The van der Waals surface area contributed by atoms with E-state index in [9.17, 15) is 4.79 Å². The van der Waals surface area contributed by atoms with Crippen LogP contribution in [0.2, 0.25) is 0 Å². The van der Waals surface area contributed by atoms with Gasteiger partial charge in [0, 0.05) is 12.4 Å². The Balaban J connectivity index is 2.58. The molecule has 0 aromatic carbocycles. The van der Waals surface area contributed by atoms with E-state index in [1.165, 1.54) is 6.20 Å². The van der Waals surface area contributed by atoms with Crippen LogP contribution in [0.4, 0.5) is 0 Å². The summed E-state index contributed by atoms with van der Waals surface area (Å²) in [4.78, 5) is 18.5. The van der Waals surface area contributed by atoms with Crippen molar-refractivity contribution in [2.24, 2.45) is 0 Å². The van der Waals surface area contributed by atoms with E-state index in [1.54, 1.807) is 16.9 Å². The van der Waals surface area contributed by atoms with Gasteiger partial charge in [-0.2, -0.15) is 0 Å². The van der Waals surface area contributed by atoms with Crippen LogP contribution in [0.15, 0.2) is 23.2 Å². The van der Waals surface area contributed by atoms with E-state index in [0.717, 1.165) is 4.47 Å². The molecule has 0 amide bonds. The van der Waals surface area contributed by atoms with E-state index in [1.807, 2.05) is 0 Å². The second-order valence-electron chi connectivity index (χ2n) is 2.76. The SMILES string of the molecule is O=C(O)Cc1cnc2c(Br)cncn12. The molecule has 0 bridgehead atoms. The number of fused-ring (bicyclic) bond motifs is 1. The number of hydrogen-bond donors (Lipinski definition) is 1. The first kappa shape index (κ1) is 9.14. The van der Waals surface area contributed by atoms with Crippen molar-refractivity contribution in [2.75, 3.05) is 0 Å². The van der Waals surface area contributed by atoms with Crippen molar-refractivity contribution < 1.29 is 9.90 Å². The van der Waals surface area contributed by atoms with Crippen LogP contribution in [0.5, 0.6) is 0 Å². The summed E-state index contributed by atoms with van der Waals surface area (Å²) in [6.07, 6.45) is 4.65. The highest BCUT2D eigenvalue weighted by Crippen LogP contribution is 2.16. The van der Waals surface area contributed by atoms with Crippen molar-refractivity contribution in [1.29, 1.82) is 0 Å². The van der Waals surface area contributed by atoms with E-state index in [4.69, 9.17) is 5.11 Å². The summed E-state index contributed by atoms with van der Waals surface area (Å²) in [7, 11) is 0. The van der Waals surface area contributed by atoms with E-state index in [-0.39, 0.29) is 6.42 Å². The molecule has 0 saturated carbocycles. The average molecular weight is 256 g/mol. The van der Waals surface area contributed by atoms with E-state index >= 15 is 0 Å². The Bertz CT molecular complexity index is 494. The highest BCUT2D eigenvalue weighted by molar-refractivity contribution is 9.10. The van der Waals surface area contributed by atoms with Gasteiger partial charge in [0.05, 0.1) is 16.6 Å². The number of carboxylic acids is 1. The minimum Gasteiger partial charge on any atom is -0.481 e. The predicted molar refractivity (Wildman–Crippen MR) is 52.0 cm³/mol. The van der Waals surface area contributed by atoms with Gasteiger partial charge in [0.2, 0.25) is 0 Å². The van der Waals surface area contributed by atoms with Crippen LogP contribution >= 0.6 is 15.9 Å². The molecule has 6 heteroatoms. The van der Waals surface area contributed by atoms with Crippen molar-refractivity contribution in [1.82, 2.24) is 14.4 Å². The molecule has 14 heavy (non-hydrogen) atoms. The average Bonchev–Trinajstić information content (AvgIpc) is 2.49. The third-order valence-corrected chi connectivity index (χ3v) is 2.35. The summed E-state index contributed by atoms with van der Waals surface area (Å²) in [6, 6.07) is 0. The van der Waals surface area contributed by atoms with Crippen LogP contribution in [-0.4, -0.2) is 25.4 Å². The quantitative estimate of drug-likeness (QED) is 0.874. The molecule has 0 unspecified atom stereocenters. The number of hydrogen-bond acceptors (Lipinski definition) is 3. The molecule has 0 aliphatic heterocycles. The Morgan fingerprint density at radius 2 is 2.36 bits per heavy atom. The molecule has 0 aliphatic rings. The molecule has 2 aromatic rings. The van der Waals surface area contributed by atoms with Crippen molar-refractivity contribution in [3.63, 3.8) is 0 Å². The minimum absolute atomic E-state index is 0.0563. The number of nitrogens with zero attached hydrogens (tertiary/aromatic N) is 3. The van der Waals surface area contributed by atoms with Gasteiger partial charge >= 0.3 is 5.97 Å². The van der Waals surface area contributed by atoms with E-state index in [2.05, 4.69) is 25.9 Å². The minimum atomic E-state index is -0.883. The zero-order valence-corrected chi connectivity index (χ0v) is 8.60.